The van der Waals surface area contributed by atoms with Crippen LogP contribution in [-0.2, 0) is 0 Å². The average molecular weight is 261 g/mol. The molecule has 1 aromatic heterocycles. The Morgan fingerprint density at radius 2 is 2.21 bits per heavy atom. The number of aromatic amines is 1. The number of rotatable bonds is 2. The number of nitrogens with zero attached hydrogens (tertiary/aromatic N) is 1. The summed E-state index contributed by atoms with van der Waals surface area (Å²) in [6.45, 7) is 6.51. The second-order valence-electron chi connectivity index (χ2n) is 5.09. The van der Waals surface area contributed by atoms with E-state index in [2.05, 4.69) is 22.1 Å². The molecule has 0 spiro atoms. The molecule has 102 valence electrons. The van der Waals surface area contributed by atoms with E-state index in [0.717, 1.165) is 31.7 Å². The van der Waals surface area contributed by atoms with Gasteiger partial charge < -0.3 is 9.73 Å². The molecule has 1 saturated heterocycles. The van der Waals surface area contributed by atoms with Crippen molar-refractivity contribution in [3.05, 3.63) is 34.3 Å². The lowest BCUT2D eigenvalue weighted by Gasteiger charge is -2.27. The van der Waals surface area contributed by atoms with Gasteiger partial charge in [-0.05, 0) is 44.1 Å². The molecule has 0 amide bonds. The van der Waals surface area contributed by atoms with Crippen LogP contribution in [0.5, 0.6) is 0 Å². The minimum absolute atomic E-state index is 0.350. The highest BCUT2D eigenvalue weighted by atomic mass is 16.4. The summed E-state index contributed by atoms with van der Waals surface area (Å²) >= 11 is 0. The highest BCUT2D eigenvalue weighted by Crippen LogP contribution is 2.23. The smallest absolute Gasteiger partial charge is 0.408 e. The third-order valence-corrected chi connectivity index (χ3v) is 3.85. The Hall–Kier alpha value is -1.59. The van der Waals surface area contributed by atoms with Crippen LogP contribution in [0, 0.1) is 0 Å². The highest BCUT2D eigenvalue weighted by molar-refractivity contribution is 5.72. The Labute approximate surface area is 111 Å². The summed E-state index contributed by atoms with van der Waals surface area (Å²) in [4.78, 5) is 16.4. The number of aromatic nitrogens is 1. The predicted octanol–water partition coefficient (Wildman–Crippen LogP) is 1.48. The maximum Gasteiger partial charge on any atom is 0.417 e. The van der Waals surface area contributed by atoms with Crippen LogP contribution in [0.2, 0.25) is 0 Å². The van der Waals surface area contributed by atoms with Gasteiger partial charge in [-0.2, -0.15) is 0 Å². The molecule has 0 bridgehead atoms. The van der Waals surface area contributed by atoms with Crippen LogP contribution in [0.4, 0.5) is 0 Å². The van der Waals surface area contributed by atoms with Crippen molar-refractivity contribution in [2.45, 2.75) is 19.4 Å². The summed E-state index contributed by atoms with van der Waals surface area (Å²) in [7, 11) is 0. The number of benzene rings is 1. The Balaban J connectivity index is 1.87. The molecule has 1 aliphatic heterocycles. The van der Waals surface area contributed by atoms with Crippen molar-refractivity contribution >= 4 is 11.1 Å². The molecule has 2 aromatic rings. The fourth-order valence-corrected chi connectivity index (χ4v) is 2.69. The predicted molar refractivity (Wildman–Crippen MR) is 74.3 cm³/mol. The lowest BCUT2D eigenvalue weighted by atomic mass is 10.1. The number of oxazole rings is 1. The molecule has 2 heterocycles. The second-order valence-corrected chi connectivity index (χ2v) is 5.09. The van der Waals surface area contributed by atoms with E-state index in [9.17, 15) is 4.79 Å². The topological polar surface area (TPSA) is 61.3 Å². The quantitative estimate of drug-likeness (QED) is 0.859. The molecule has 1 fully saturated rings. The van der Waals surface area contributed by atoms with E-state index in [0.29, 0.717) is 11.6 Å². The van der Waals surface area contributed by atoms with Crippen molar-refractivity contribution in [1.29, 1.82) is 0 Å². The molecule has 1 aliphatic rings. The van der Waals surface area contributed by atoms with Crippen LogP contribution in [0.1, 0.15) is 24.9 Å². The van der Waals surface area contributed by atoms with E-state index in [1.165, 1.54) is 12.0 Å². The van der Waals surface area contributed by atoms with E-state index < -0.39 is 5.76 Å². The number of hydrogen-bond donors (Lipinski definition) is 2. The van der Waals surface area contributed by atoms with E-state index in [-0.39, 0.29) is 0 Å². The van der Waals surface area contributed by atoms with Crippen molar-refractivity contribution in [3.8, 4) is 0 Å². The Kier molecular flexibility index (Phi) is 3.40. The average Bonchev–Trinajstić information content (AvgIpc) is 2.63. The van der Waals surface area contributed by atoms with Crippen molar-refractivity contribution in [1.82, 2.24) is 15.2 Å². The van der Waals surface area contributed by atoms with Crippen LogP contribution < -0.4 is 11.1 Å². The van der Waals surface area contributed by atoms with Gasteiger partial charge in [0.2, 0.25) is 0 Å². The van der Waals surface area contributed by atoms with Gasteiger partial charge >= 0.3 is 5.76 Å². The molecule has 0 saturated carbocycles. The van der Waals surface area contributed by atoms with E-state index in [1.54, 1.807) is 0 Å². The molecular weight excluding hydrogens is 242 g/mol. The van der Waals surface area contributed by atoms with Crippen LogP contribution >= 0.6 is 0 Å². The van der Waals surface area contributed by atoms with Gasteiger partial charge in [0.05, 0.1) is 5.52 Å². The van der Waals surface area contributed by atoms with Gasteiger partial charge in [0.1, 0.15) is 0 Å². The Morgan fingerprint density at radius 3 is 3.11 bits per heavy atom. The van der Waals surface area contributed by atoms with Crippen LogP contribution in [-0.4, -0.2) is 36.1 Å². The van der Waals surface area contributed by atoms with Crippen LogP contribution in [0.15, 0.2) is 27.4 Å². The van der Waals surface area contributed by atoms with Crippen LogP contribution in [0.3, 0.4) is 0 Å². The van der Waals surface area contributed by atoms with Gasteiger partial charge in [0, 0.05) is 19.1 Å². The zero-order valence-corrected chi connectivity index (χ0v) is 11.1. The molecule has 0 radical (unpaired) electrons. The molecule has 2 N–H and O–H groups in total. The zero-order chi connectivity index (χ0) is 13.2. The minimum atomic E-state index is -0.390. The number of nitrogens with one attached hydrogen (secondary N) is 2. The summed E-state index contributed by atoms with van der Waals surface area (Å²) < 4.78 is 5.03. The summed E-state index contributed by atoms with van der Waals surface area (Å²) in [6, 6.07) is 6.28. The maximum atomic E-state index is 11.2. The van der Waals surface area contributed by atoms with Crippen molar-refractivity contribution in [2.24, 2.45) is 0 Å². The van der Waals surface area contributed by atoms with Crippen LogP contribution in [0.25, 0.3) is 11.1 Å². The van der Waals surface area contributed by atoms with Crippen molar-refractivity contribution < 1.29 is 4.42 Å². The first-order valence-corrected chi connectivity index (χ1v) is 6.81. The maximum absolute atomic E-state index is 11.2. The molecule has 0 aliphatic carbocycles. The van der Waals surface area contributed by atoms with E-state index in [1.807, 2.05) is 18.2 Å². The highest BCUT2D eigenvalue weighted by Gasteiger charge is 2.17. The summed E-state index contributed by atoms with van der Waals surface area (Å²) in [6.07, 6.45) is 1.18. The minimum Gasteiger partial charge on any atom is -0.408 e. The fourth-order valence-electron chi connectivity index (χ4n) is 2.69. The van der Waals surface area contributed by atoms with Crippen molar-refractivity contribution in [2.75, 3.05) is 26.2 Å². The molecule has 5 heteroatoms. The molecule has 1 atom stereocenters. The second kappa shape index (κ2) is 5.19. The summed E-state index contributed by atoms with van der Waals surface area (Å²) in [5.41, 5.74) is 2.62. The van der Waals surface area contributed by atoms with Gasteiger partial charge in [-0.25, -0.2) is 4.79 Å². The summed E-state index contributed by atoms with van der Waals surface area (Å²) in [5, 5.41) is 3.41. The first-order chi connectivity index (χ1) is 9.24. The monoisotopic (exact) mass is 261 g/mol. The van der Waals surface area contributed by atoms with Crippen molar-refractivity contribution in [3.63, 3.8) is 0 Å². The fraction of sp³-hybridized carbons (Fsp3) is 0.500. The Morgan fingerprint density at radius 1 is 1.32 bits per heavy atom. The van der Waals surface area contributed by atoms with Gasteiger partial charge in [0.25, 0.3) is 0 Å². The first-order valence-electron chi connectivity index (χ1n) is 6.81. The first kappa shape index (κ1) is 12.4. The standard InChI is InChI=1S/C14H19N3O2/c1-10(17-7-2-5-15-6-8-17)11-3-4-13-12(9-11)16-14(18)19-13/h3-4,9-10,15H,2,5-8H2,1H3,(H,16,18). The molecule has 5 nitrogen and oxygen atoms in total. The molecule has 1 unspecified atom stereocenters. The van der Waals surface area contributed by atoms with Gasteiger partial charge in [-0.3, -0.25) is 9.88 Å². The van der Waals surface area contributed by atoms with Gasteiger partial charge in [0.15, 0.2) is 5.58 Å². The largest absolute Gasteiger partial charge is 0.417 e. The molecule has 3 rings (SSSR count). The number of H-pyrrole nitrogens is 1. The molecular formula is C14H19N3O2. The zero-order valence-electron chi connectivity index (χ0n) is 11.1. The normalized spacial score (nSPS) is 19.4. The SMILES string of the molecule is CC(c1ccc2oc(=O)[nH]c2c1)N1CCCNCC1. The lowest BCUT2D eigenvalue weighted by molar-refractivity contribution is 0.225. The Bertz CT molecular complexity index is 608. The lowest BCUT2D eigenvalue weighted by Crippen LogP contribution is -2.30. The molecule has 1 aromatic carbocycles. The van der Waals surface area contributed by atoms with E-state index >= 15 is 0 Å². The van der Waals surface area contributed by atoms with Gasteiger partial charge in [-0.15, -0.1) is 0 Å². The molecule has 19 heavy (non-hydrogen) atoms. The number of fused-ring (bicyclic) bond motifs is 1. The van der Waals surface area contributed by atoms with Gasteiger partial charge in [-0.1, -0.05) is 6.07 Å². The number of hydrogen-bond acceptors (Lipinski definition) is 4. The third-order valence-electron chi connectivity index (χ3n) is 3.85. The third kappa shape index (κ3) is 2.57. The summed E-state index contributed by atoms with van der Waals surface area (Å²) in [5.74, 6) is -0.390. The van der Waals surface area contributed by atoms with E-state index in [4.69, 9.17) is 4.42 Å².